The van der Waals surface area contributed by atoms with E-state index in [2.05, 4.69) is 19.2 Å². The van der Waals surface area contributed by atoms with Crippen molar-refractivity contribution in [1.29, 1.82) is 0 Å². The predicted octanol–water partition coefficient (Wildman–Crippen LogP) is 3.28. The quantitative estimate of drug-likeness (QED) is 0.871. The van der Waals surface area contributed by atoms with E-state index < -0.39 is 5.54 Å². The maximum absolute atomic E-state index is 12.2. The van der Waals surface area contributed by atoms with E-state index in [0.717, 1.165) is 5.56 Å². The lowest BCUT2D eigenvalue weighted by molar-refractivity contribution is -0.127. The summed E-state index contributed by atoms with van der Waals surface area (Å²) in [5.74, 6) is 0.154. The monoisotopic (exact) mass is 282 g/mol. The van der Waals surface area contributed by atoms with Crippen molar-refractivity contribution in [1.82, 2.24) is 5.32 Å². The van der Waals surface area contributed by atoms with Crippen LogP contribution in [0, 0.1) is 5.92 Å². The first kappa shape index (κ1) is 16.0. The van der Waals surface area contributed by atoms with Crippen molar-refractivity contribution < 1.29 is 4.79 Å². The lowest BCUT2D eigenvalue weighted by Crippen LogP contribution is -2.52. The third kappa shape index (κ3) is 4.22. The maximum Gasteiger partial charge on any atom is 0.240 e. The Morgan fingerprint density at radius 2 is 1.89 bits per heavy atom. The number of nitrogens with one attached hydrogen (secondary N) is 1. The first-order valence-electron chi connectivity index (χ1n) is 6.63. The summed E-state index contributed by atoms with van der Waals surface area (Å²) < 4.78 is 0. The molecule has 4 heteroatoms. The smallest absolute Gasteiger partial charge is 0.240 e. The van der Waals surface area contributed by atoms with Gasteiger partial charge < -0.3 is 11.1 Å². The van der Waals surface area contributed by atoms with Crippen molar-refractivity contribution in [2.24, 2.45) is 11.7 Å². The van der Waals surface area contributed by atoms with Gasteiger partial charge in [-0.3, -0.25) is 4.79 Å². The summed E-state index contributed by atoms with van der Waals surface area (Å²) in [6, 6.07) is 7.49. The molecular formula is C15H23ClN2O. The molecule has 19 heavy (non-hydrogen) atoms. The number of rotatable bonds is 5. The molecule has 2 atom stereocenters. The van der Waals surface area contributed by atoms with Gasteiger partial charge in [-0.2, -0.15) is 0 Å². The van der Waals surface area contributed by atoms with Gasteiger partial charge in [0.05, 0.1) is 11.6 Å². The summed E-state index contributed by atoms with van der Waals surface area (Å²) in [7, 11) is 0. The highest BCUT2D eigenvalue weighted by Crippen LogP contribution is 2.24. The molecule has 0 spiro atoms. The van der Waals surface area contributed by atoms with E-state index in [1.165, 1.54) is 0 Å². The van der Waals surface area contributed by atoms with Gasteiger partial charge in [0.15, 0.2) is 0 Å². The molecule has 0 saturated carbocycles. The van der Waals surface area contributed by atoms with Crippen LogP contribution in [0.1, 0.15) is 45.7 Å². The standard InChI is InChI=1S/C15H23ClN2O/c1-5-15(4,17)14(19)18-13(10(2)3)11-6-8-12(16)9-7-11/h6-10,13H,5,17H2,1-4H3,(H,18,19). The van der Waals surface area contributed by atoms with Crippen LogP contribution < -0.4 is 11.1 Å². The molecule has 0 heterocycles. The number of amides is 1. The lowest BCUT2D eigenvalue weighted by Gasteiger charge is -2.28. The van der Waals surface area contributed by atoms with E-state index in [1.807, 2.05) is 31.2 Å². The number of benzene rings is 1. The Morgan fingerprint density at radius 1 is 1.37 bits per heavy atom. The van der Waals surface area contributed by atoms with Gasteiger partial charge in [-0.15, -0.1) is 0 Å². The second-order valence-corrected chi connectivity index (χ2v) is 5.95. The third-order valence-corrected chi connectivity index (χ3v) is 3.69. The summed E-state index contributed by atoms with van der Waals surface area (Å²) in [5, 5.41) is 3.73. The van der Waals surface area contributed by atoms with Crippen LogP contribution in [0.15, 0.2) is 24.3 Å². The van der Waals surface area contributed by atoms with Gasteiger partial charge in [0, 0.05) is 5.02 Å². The van der Waals surface area contributed by atoms with Crippen LogP contribution in [0.5, 0.6) is 0 Å². The molecule has 3 N–H and O–H groups in total. The van der Waals surface area contributed by atoms with Gasteiger partial charge in [-0.1, -0.05) is 44.5 Å². The highest BCUT2D eigenvalue weighted by molar-refractivity contribution is 6.30. The minimum atomic E-state index is -0.834. The topological polar surface area (TPSA) is 55.1 Å². The van der Waals surface area contributed by atoms with Gasteiger partial charge >= 0.3 is 0 Å². The number of nitrogens with two attached hydrogens (primary N) is 1. The van der Waals surface area contributed by atoms with Crippen LogP contribution in [0.4, 0.5) is 0 Å². The SMILES string of the molecule is CCC(C)(N)C(=O)NC(c1ccc(Cl)cc1)C(C)C. The molecule has 0 bridgehead atoms. The Hall–Kier alpha value is -1.06. The summed E-state index contributed by atoms with van der Waals surface area (Å²) in [4.78, 5) is 12.2. The average Bonchev–Trinajstić information content (AvgIpc) is 2.36. The first-order valence-corrected chi connectivity index (χ1v) is 7.01. The second-order valence-electron chi connectivity index (χ2n) is 5.52. The zero-order valence-electron chi connectivity index (χ0n) is 12.0. The highest BCUT2D eigenvalue weighted by atomic mass is 35.5. The molecule has 1 aromatic carbocycles. The fourth-order valence-electron chi connectivity index (χ4n) is 1.77. The molecule has 0 aliphatic rings. The number of halogens is 1. The minimum Gasteiger partial charge on any atom is -0.347 e. The van der Waals surface area contributed by atoms with Crippen molar-refractivity contribution in [2.45, 2.75) is 45.7 Å². The molecular weight excluding hydrogens is 260 g/mol. The molecule has 0 aliphatic heterocycles. The van der Waals surface area contributed by atoms with Gasteiger partial charge in [-0.25, -0.2) is 0 Å². The molecule has 0 aromatic heterocycles. The fourth-order valence-corrected chi connectivity index (χ4v) is 1.90. The molecule has 1 rings (SSSR count). The lowest BCUT2D eigenvalue weighted by atomic mass is 9.93. The third-order valence-electron chi connectivity index (χ3n) is 3.44. The van der Waals surface area contributed by atoms with E-state index in [1.54, 1.807) is 6.92 Å². The Morgan fingerprint density at radius 3 is 2.32 bits per heavy atom. The van der Waals surface area contributed by atoms with Crippen molar-refractivity contribution in [3.63, 3.8) is 0 Å². The molecule has 0 fully saturated rings. The maximum atomic E-state index is 12.2. The van der Waals surface area contributed by atoms with E-state index >= 15 is 0 Å². The minimum absolute atomic E-state index is 0.0563. The van der Waals surface area contributed by atoms with Gasteiger partial charge in [0.25, 0.3) is 0 Å². The summed E-state index contributed by atoms with van der Waals surface area (Å²) in [6.45, 7) is 7.80. The number of carbonyl (C=O) groups is 1. The van der Waals surface area contributed by atoms with Gasteiger partial charge in [-0.05, 0) is 37.0 Å². The van der Waals surface area contributed by atoms with Crippen LogP contribution in [0.3, 0.4) is 0 Å². The van der Waals surface area contributed by atoms with Crippen molar-refractivity contribution in [3.8, 4) is 0 Å². The molecule has 0 aliphatic carbocycles. The number of carbonyl (C=O) groups excluding carboxylic acids is 1. The molecule has 0 radical (unpaired) electrons. The first-order chi connectivity index (χ1) is 8.77. The molecule has 106 valence electrons. The van der Waals surface area contributed by atoms with E-state index in [0.29, 0.717) is 11.4 Å². The Balaban J connectivity index is 2.91. The molecule has 1 amide bonds. The predicted molar refractivity (Wildman–Crippen MR) is 80.1 cm³/mol. The van der Waals surface area contributed by atoms with E-state index in [9.17, 15) is 4.79 Å². The zero-order chi connectivity index (χ0) is 14.6. The fraction of sp³-hybridized carbons (Fsp3) is 0.533. The Bertz CT molecular complexity index is 426. The average molecular weight is 283 g/mol. The van der Waals surface area contributed by atoms with Gasteiger partial charge in [0.2, 0.25) is 5.91 Å². The van der Waals surface area contributed by atoms with Crippen molar-refractivity contribution in [2.75, 3.05) is 0 Å². The second kappa shape index (κ2) is 6.40. The normalized spacial score (nSPS) is 15.9. The number of hydrogen-bond acceptors (Lipinski definition) is 2. The van der Waals surface area contributed by atoms with Gasteiger partial charge in [0.1, 0.15) is 0 Å². The molecule has 1 aromatic rings. The van der Waals surface area contributed by atoms with Crippen LogP contribution in [0.25, 0.3) is 0 Å². The molecule has 3 nitrogen and oxygen atoms in total. The van der Waals surface area contributed by atoms with Crippen LogP contribution >= 0.6 is 11.6 Å². The number of hydrogen-bond donors (Lipinski definition) is 2. The summed E-state index contributed by atoms with van der Waals surface area (Å²) in [6.07, 6.45) is 0.601. The summed E-state index contributed by atoms with van der Waals surface area (Å²) in [5.41, 5.74) is 6.18. The van der Waals surface area contributed by atoms with Crippen molar-refractivity contribution in [3.05, 3.63) is 34.9 Å². The van der Waals surface area contributed by atoms with Crippen LogP contribution in [0.2, 0.25) is 5.02 Å². The zero-order valence-corrected chi connectivity index (χ0v) is 12.8. The Labute approximate surface area is 120 Å². The highest BCUT2D eigenvalue weighted by Gasteiger charge is 2.29. The molecule has 2 unspecified atom stereocenters. The van der Waals surface area contributed by atoms with Crippen LogP contribution in [-0.4, -0.2) is 11.4 Å². The largest absolute Gasteiger partial charge is 0.347 e. The summed E-state index contributed by atoms with van der Waals surface area (Å²) >= 11 is 5.89. The Kier molecular flexibility index (Phi) is 5.39. The van der Waals surface area contributed by atoms with E-state index in [4.69, 9.17) is 17.3 Å². The van der Waals surface area contributed by atoms with Crippen LogP contribution in [-0.2, 0) is 4.79 Å². The van der Waals surface area contributed by atoms with E-state index in [-0.39, 0.29) is 17.9 Å². The van der Waals surface area contributed by atoms with Crippen molar-refractivity contribution >= 4 is 17.5 Å². The molecule has 0 saturated heterocycles.